The average Bonchev–Trinajstić information content (AvgIpc) is 3.43. The molecule has 1 N–H and O–H groups in total. The quantitative estimate of drug-likeness (QED) is 0.0358. The third kappa shape index (κ3) is 104. The number of aliphatic carboxylic acids is 4. The van der Waals surface area contributed by atoms with E-state index in [1.54, 1.807) is 0 Å². The molecule has 0 fully saturated rings. The van der Waals surface area contributed by atoms with Crippen molar-refractivity contribution in [2.75, 3.05) is 0 Å². The number of hydrogen-bond acceptors (Lipinski definition) is 7. The van der Waals surface area contributed by atoms with Gasteiger partial charge in [-0.2, -0.15) is 0 Å². The van der Waals surface area contributed by atoms with Crippen LogP contribution in [0.1, 0.15) is 426 Å². The minimum Gasteiger partial charge on any atom is -0.550 e. The zero-order chi connectivity index (χ0) is 59.6. The van der Waals surface area contributed by atoms with Crippen LogP contribution in [-0.2, 0) is 19.2 Å². The van der Waals surface area contributed by atoms with Crippen LogP contribution in [-0.4, -0.2) is 46.3 Å². The monoisotopic (exact) mass is 1160 g/mol. The minimum absolute atomic E-state index is 0. The largest absolute Gasteiger partial charge is 3.00 e. The maximum atomic E-state index is 10.3. The first kappa shape index (κ1) is 87.9. The molecule has 0 atom stereocenters. The molecule has 478 valence electrons. The van der Waals surface area contributed by atoms with Gasteiger partial charge >= 0.3 is 23.3 Å². The van der Waals surface area contributed by atoms with Gasteiger partial charge in [-0.25, -0.2) is 0 Å². The molecule has 0 bridgehead atoms. The van der Waals surface area contributed by atoms with Crippen molar-refractivity contribution in [2.45, 2.75) is 426 Å². The number of hydrogen-bond donors (Lipinski definition) is 1. The van der Waals surface area contributed by atoms with E-state index in [0.717, 1.165) is 51.4 Å². The fraction of sp³-hybridized carbons (Fsp3) is 0.917. The molecule has 0 aromatic rings. The van der Waals surface area contributed by atoms with Crippen molar-refractivity contribution < 1.29 is 39.6 Å². The number of unbranched alkanes of at least 4 members (excludes halogenated alkanes) is 53. The molecule has 0 saturated carbocycles. The van der Waals surface area contributed by atoms with Crippen LogP contribution in [0.4, 0.5) is 0 Å². The Balaban J connectivity index is -0.000000316. The smallest absolute Gasteiger partial charge is 0.550 e. The Morgan fingerprint density at radius 1 is 0.235 bits per heavy atom. The van der Waals surface area contributed by atoms with Gasteiger partial charge in [0.25, 0.3) is 0 Å². The van der Waals surface area contributed by atoms with Gasteiger partial charge in [0.2, 0.25) is 0 Å². The van der Waals surface area contributed by atoms with Crippen LogP contribution in [0.15, 0.2) is 12.2 Å². The predicted molar refractivity (Wildman–Crippen MR) is 347 cm³/mol. The van der Waals surface area contributed by atoms with Crippen molar-refractivity contribution in [1.82, 2.24) is 0 Å². The van der Waals surface area contributed by atoms with E-state index in [2.05, 4.69) is 39.8 Å². The Labute approximate surface area is 516 Å². The summed E-state index contributed by atoms with van der Waals surface area (Å²) in [5.41, 5.74) is 0. The van der Waals surface area contributed by atoms with Gasteiger partial charge in [-0.3, -0.25) is 4.79 Å². The molecule has 0 aromatic heterocycles. The summed E-state index contributed by atoms with van der Waals surface area (Å²) in [6.45, 7) is 9.06. The molecule has 8 nitrogen and oxygen atoms in total. The second-order valence-electron chi connectivity index (χ2n) is 23.9. The second kappa shape index (κ2) is 84.6. The van der Waals surface area contributed by atoms with Crippen molar-refractivity contribution in [3.63, 3.8) is 0 Å². The maximum Gasteiger partial charge on any atom is 3.00 e. The number of carboxylic acids is 4. The zero-order valence-electron chi connectivity index (χ0n) is 54.9. The third-order valence-corrected chi connectivity index (χ3v) is 15.6. The van der Waals surface area contributed by atoms with Crippen LogP contribution < -0.4 is 15.3 Å². The molecule has 0 heterocycles. The number of allylic oxidation sites excluding steroid dienone is 2. The van der Waals surface area contributed by atoms with E-state index in [1.807, 2.05) is 0 Å². The third-order valence-electron chi connectivity index (χ3n) is 15.6. The fourth-order valence-electron chi connectivity index (χ4n) is 10.3. The number of rotatable bonds is 63. The van der Waals surface area contributed by atoms with Crippen molar-refractivity contribution >= 4 is 41.2 Å². The Morgan fingerprint density at radius 2 is 0.370 bits per heavy atom. The minimum atomic E-state index is -0.903. The summed E-state index contributed by atoms with van der Waals surface area (Å²) >= 11 is 0. The summed E-state index contributed by atoms with van der Waals surface area (Å²) < 4.78 is 0. The standard InChI is InChI=1S/3C18H36O2.C18H34O2.Al/c4*1-2-3-4-5-6-7-8-9-10-11-12-13-14-15-16-17-18(19)20;/h3*2-17H2,1H3,(H,19,20);9-10H,2-8,11-17H2,1H3,(H,19,20);/q;;;;+3/p-3/b;;;10-9-;. The van der Waals surface area contributed by atoms with Gasteiger partial charge in [0, 0.05) is 24.3 Å². The topological polar surface area (TPSA) is 158 Å². The number of carbonyl (C=O) groups excluding carboxylic acids is 3. The molecule has 0 amide bonds. The molecule has 0 radical (unpaired) electrons. The van der Waals surface area contributed by atoms with Crippen LogP contribution in [0.5, 0.6) is 0 Å². The average molecular weight is 1160 g/mol. The zero-order valence-corrected chi connectivity index (χ0v) is 56.0. The normalized spacial score (nSPS) is 10.8. The first-order valence-corrected chi connectivity index (χ1v) is 35.5. The van der Waals surface area contributed by atoms with E-state index >= 15 is 0 Å². The van der Waals surface area contributed by atoms with Crippen LogP contribution >= 0.6 is 0 Å². The Kier molecular flexibility index (Phi) is 91.8. The maximum absolute atomic E-state index is 10.3. The first-order valence-electron chi connectivity index (χ1n) is 35.5. The molecular formula is C72H139AlO8. The molecular weight excluding hydrogens is 1020 g/mol. The Morgan fingerprint density at radius 3 is 0.519 bits per heavy atom. The van der Waals surface area contributed by atoms with E-state index in [9.17, 15) is 34.5 Å². The summed E-state index contributed by atoms with van der Waals surface area (Å²) in [5, 5.41) is 39.2. The van der Waals surface area contributed by atoms with Gasteiger partial charge in [-0.05, 0) is 70.6 Å². The van der Waals surface area contributed by atoms with E-state index in [0.29, 0.717) is 6.42 Å². The van der Waals surface area contributed by atoms with Gasteiger partial charge in [-0.1, -0.05) is 361 Å². The van der Waals surface area contributed by atoms with Gasteiger partial charge in [0.05, 0.1) is 0 Å². The van der Waals surface area contributed by atoms with Crippen LogP contribution in [0, 0.1) is 0 Å². The number of carboxylic acid groups (broad SMARTS) is 4. The van der Waals surface area contributed by atoms with Crippen LogP contribution in [0.25, 0.3) is 0 Å². The molecule has 0 aromatic carbocycles. The predicted octanol–water partition coefficient (Wildman–Crippen LogP) is 20.7. The van der Waals surface area contributed by atoms with Crippen LogP contribution in [0.2, 0.25) is 0 Å². The summed E-state index contributed by atoms with van der Waals surface area (Å²) in [7, 11) is 0. The summed E-state index contributed by atoms with van der Waals surface area (Å²) in [6.07, 6.45) is 80.8. The first-order chi connectivity index (χ1) is 39.1. The van der Waals surface area contributed by atoms with E-state index < -0.39 is 23.9 Å². The summed E-state index contributed by atoms with van der Waals surface area (Å²) in [4.78, 5) is 41.0. The molecule has 0 aliphatic rings. The van der Waals surface area contributed by atoms with E-state index in [4.69, 9.17) is 5.11 Å². The van der Waals surface area contributed by atoms with Crippen LogP contribution in [0.3, 0.4) is 0 Å². The molecule has 0 unspecified atom stereocenters. The number of carbonyl (C=O) groups is 4. The van der Waals surface area contributed by atoms with Crippen molar-refractivity contribution in [3.05, 3.63) is 12.2 Å². The van der Waals surface area contributed by atoms with Gasteiger partial charge in [0.15, 0.2) is 0 Å². The van der Waals surface area contributed by atoms with Gasteiger partial charge < -0.3 is 34.8 Å². The fourth-order valence-corrected chi connectivity index (χ4v) is 10.3. The summed E-state index contributed by atoms with van der Waals surface area (Å²) in [6, 6.07) is 0. The van der Waals surface area contributed by atoms with E-state index in [-0.39, 0.29) is 36.6 Å². The summed E-state index contributed by atoms with van der Waals surface area (Å²) in [5.74, 6) is -3.37. The second-order valence-corrected chi connectivity index (χ2v) is 23.9. The van der Waals surface area contributed by atoms with E-state index in [1.165, 1.54) is 321 Å². The van der Waals surface area contributed by atoms with Crippen molar-refractivity contribution in [2.24, 2.45) is 0 Å². The molecule has 0 rings (SSSR count). The molecule has 81 heavy (non-hydrogen) atoms. The van der Waals surface area contributed by atoms with Gasteiger partial charge in [0.1, 0.15) is 0 Å². The van der Waals surface area contributed by atoms with Crippen molar-refractivity contribution in [1.29, 1.82) is 0 Å². The molecule has 0 aliphatic heterocycles. The van der Waals surface area contributed by atoms with Gasteiger partial charge in [-0.15, -0.1) is 0 Å². The molecule has 0 saturated heterocycles. The van der Waals surface area contributed by atoms with Crippen molar-refractivity contribution in [3.8, 4) is 0 Å². The molecule has 9 heteroatoms. The SMILES string of the molecule is CCCCCCCC/C=C\CCCCCCCC(=O)O.CCCCCCCCCCCCCCCCCC(=O)[O-].CCCCCCCCCCCCCCCCCC(=O)[O-].CCCCCCCCCCCCCCCCCC(=O)[O-].[Al+3]. The Hall–Kier alpha value is -1.85. The Bertz CT molecular complexity index is 1110. The molecule has 0 aliphatic carbocycles. The molecule has 0 spiro atoms.